The summed E-state index contributed by atoms with van der Waals surface area (Å²) in [4.78, 5) is 10.4. The molecule has 1 atom stereocenters. The van der Waals surface area contributed by atoms with Crippen LogP contribution < -0.4 is 0 Å². The molecule has 0 aromatic heterocycles. The third kappa shape index (κ3) is 3.00. The van der Waals surface area contributed by atoms with Crippen LogP contribution in [0.5, 0.6) is 0 Å². The molecule has 66 valence electrons. The van der Waals surface area contributed by atoms with Gasteiger partial charge in [0.25, 0.3) is 0 Å². The molecule has 1 aromatic carbocycles. The van der Waals surface area contributed by atoms with Gasteiger partial charge in [0.15, 0.2) is 0 Å². The zero-order valence-corrected chi connectivity index (χ0v) is 8.49. The van der Waals surface area contributed by atoms with Gasteiger partial charge >= 0.3 is 0 Å². The lowest BCUT2D eigenvalue weighted by atomic mass is 10.0. The van der Waals surface area contributed by atoms with E-state index in [0.717, 1.165) is 10.0 Å². The smallest absolute Gasteiger partial charge is 0.137 e. The van der Waals surface area contributed by atoms with Gasteiger partial charge in [-0.3, -0.25) is 0 Å². The Bertz CT molecular complexity index is 343. The summed E-state index contributed by atoms with van der Waals surface area (Å²) in [6.07, 6.45) is 1.17. The van der Waals surface area contributed by atoms with Crippen molar-refractivity contribution in [1.29, 1.82) is 5.26 Å². The van der Waals surface area contributed by atoms with Crippen molar-refractivity contribution >= 4 is 22.2 Å². The highest BCUT2D eigenvalue weighted by Gasteiger charge is 2.06. The molecule has 0 radical (unpaired) electrons. The van der Waals surface area contributed by atoms with E-state index in [9.17, 15) is 4.79 Å². The van der Waals surface area contributed by atoms with Gasteiger partial charge in [-0.15, -0.1) is 0 Å². The molecule has 1 unspecified atom stereocenters. The fourth-order valence-corrected chi connectivity index (χ4v) is 1.49. The number of halogens is 1. The summed E-state index contributed by atoms with van der Waals surface area (Å²) in [6, 6.07) is 9.54. The Labute approximate surface area is 85.3 Å². The molecule has 0 aliphatic carbocycles. The molecule has 0 amide bonds. The van der Waals surface area contributed by atoms with Gasteiger partial charge in [0.2, 0.25) is 0 Å². The van der Waals surface area contributed by atoms with E-state index >= 15 is 0 Å². The normalized spacial score (nSPS) is 11.7. The zero-order valence-electron chi connectivity index (χ0n) is 6.90. The van der Waals surface area contributed by atoms with Crippen LogP contribution in [-0.2, 0) is 11.2 Å². The lowest BCUT2D eigenvalue weighted by molar-refractivity contribution is -0.109. The van der Waals surface area contributed by atoms with Crippen LogP contribution in [0.1, 0.15) is 5.56 Å². The Morgan fingerprint density at radius 2 is 2.38 bits per heavy atom. The summed E-state index contributed by atoms with van der Waals surface area (Å²) in [6.45, 7) is 0. The molecule has 13 heavy (non-hydrogen) atoms. The summed E-state index contributed by atoms with van der Waals surface area (Å²) in [5.74, 6) is -0.533. The van der Waals surface area contributed by atoms with Crippen molar-refractivity contribution in [3.63, 3.8) is 0 Å². The first-order chi connectivity index (χ1) is 6.26. The standard InChI is InChI=1S/C10H8BrNO/c11-10-3-1-2-8(5-10)4-9(6-12)7-13/h1-3,5,7,9H,4H2. The first-order valence-corrected chi connectivity index (χ1v) is 4.65. The van der Waals surface area contributed by atoms with Gasteiger partial charge in [0.1, 0.15) is 12.2 Å². The number of hydrogen-bond donors (Lipinski definition) is 0. The minimum absolute atomic E-state index is 0.486. The highest BCUT2D eigenvalue weighted by atomic mass is 79.9. The van der Waals surface area contributed by atoms with Crippen LogP contribution in [0.4, 0.5) is 0 Å². The third-order valence-corrected chi connectivity index (χ3v) is 2.17. The van der Waals surface area contributed by atoms with Gasteiger partial charge < -0.3 is 4.79 Å². The number of nitriles is 1. The van der Waals surface area contributed by atoms with Gasteiger partial charge in [-0.2, -0.15) is 5.26 Å². The summed E-state index contributed by atoms with van der Waals surface area (Å²) in [5, 5.41) is 8.56. The number of rotatable bonds is 3. The predicted octanol–water partition coefficient (Wildman–Crippen LogP) is 2.33. The maximum Gasteiger partial charge on any atom is 0.137 e. The monoisotopic (exact) mass is 237 g/mol. The second kappa shape index (κ2) is 4.78. The summed E-state index contributed by atoms with van der Waals surface area (Å²) in [7, 11) is 0. The average Bonchev–Trinajstić information content (AvgIpc) is 2.14. The molecule has 0 fully saturated rings. The molecule has 3 heteroatoms. The van der Waals surface area contributed by atoms with Crippen LogP contribution in [0.2, 0.25) is 0 Å². The van der Waals surface area contributed by atoms with Crippen LogP contribution in [0.3, 0.4) is 0 Å². The highest BCUT2D eigenvalue weighted by molar-refractivity contribution is 9.10. The van der Waals surface area contributed by atoms with E-state index in [1.54, 1.807) is 0 Å². The van der Waals surface area contributed by atoms with Gasteiger partial charge in [0.05, 0.1) is 6.07 Å². The van der Waals surface area contributed by atoms with Gasteiger partial charge in [-0.05, 0) is 24.1 Å². The molecule has 2 nitrogen and oxygen atoms in total. The van der Waals surface area contributed by atoms with Crippen LogP contribution in [-0.4, -0.2) is 6.29 Å². The van der Waals surface area contributed by atoms with E-state index in [-0.39, 0.29) is 0 Å². The van der Waals surface area contributed by atoms with Crippen molar-refractivity contribution in [3.8, 4) is 6.07 Å². The second-order valence-corrected chi connectivity index (χ2v) is 3.62. The SMILES string of the molecule is N#CC(C=O)Cc1cccc(Br)c1. The molecule has 1 aromatic rings. The summed E-state index contributed by atoms with van der Waals surface area (Å²) >= 11 is 3.32. The Morgan fingerprint density at radius 1 is 1.62 bits per heavy atom. The first-order valence-electron chi connectivity index (χ1n) is 3.85. The molecule has 0 N–H and O–H groups in total. The minimum atomic E-state index is -0.533. The van der Waals surface area contributed by atoms with Gasteiger partial charge in [-0.1, -0.05) is 28.1 Å². The van der Waals surface area contributed by atoms with Crippen LogP contribution in [0.15, 0.2) is 28.7 Å². The average molecular weight is 238 g/mol. The van der Waals surface area contributed by atoms with Crippen molar-refractivity contribution in [1.82, 2.24) is 0 Å². The number of carbonyl (C=O) groups excluding carboxylic acids is 1. The van der Waals surface area contributed by atoms with Crippen molar-refractivity contribution in [2.45, 2.75) is 6.42 Å². The topological polar surface area (TPSA) is 40.9 Å². The molecule has 0 heterocycles. The van der Waals surface area contributed by atoms with Gasteiger partial charge in [-0.25, -0.2) is 0 Å². The fraction of sp³-hybridized carbons (Fsp3) is 0.200. The highest BCUT2D eigenvalue weighted by Crippen LogP contribution is 2.14. The number of aldehydes is 1. The lowest BCUT2D eigenvalue weighted by Crippen LogP contribution is -2.02. The lowest BCUT2D eigenvalue weighted by Gasteiger charge is -2.01. The predicted molar refractivity (Wildman–Crippen MR) is 53.0 cm³/mol. The molecular weight excluding hydrogens is 230 g/mol. The molecule has 0 spiro atoms. The number of nitrogens with zero attached hydrogens (tertiary/aromatic N) is 1. The molecule has 0 bridgehead atoms. The van der Waals surface area contributed by atoms with Crippen molar-refractivity contribution in [2.75, 3.05) is 0 Å². The van der Waals surface area contributed by atoms with Crippen LogP contribution >= 0.6 is 15.9 Å². The number of benzene rings is 1. The molecular formula is C10H8BrNO. The van der Waals surface area contributed by atoms with E-state index in [2.05, 4.69) is 15.9 Å². The largest absolute Gasteiger partial charge is 0.302 e. The van der Waals surface area contributed by atoms with E-state index in [1.807, 2.05) is 30.3 Å². The van der Waals surface area contributed by atoms with E-state index in [4.69, 9.17) is 5.26 Å². The Morgan fingerprint density at radius 3 is 2.92 bits per heavy atom. The Kier molecular flexibility index (Phi) is 3.66. The second-order valence-electron chi connectivity index (χ2n) is 2.71. The first kappa shape index (κ1) is 9.94. The molecule has 0 saturated carbocycles. The molecule has 0 aliphatic heterocycles. The fourth-order valence-electron chi connectivity index (χ4n) is 1.04. The number of hydrogen-bond acceptors (Lipinski definition) is 2. The van der Waals surface area contributed by atoms with Crippen LogP contribution in [0.25, 0.3) is 0 Å². The van der Waals surface area contributed by atoms with Crippen LogP contribution in [0, 0.1) is 17.2 Å². The summed E-state index contributed by atoms with van der Waals surface area (Å²) < 4.78 is 0.965. The zero-order chi connectivity index (χ0) is 9.68. The third-order valence-electron chi connectivity index (χ3n) is 1.67. The van der Waals surface area contributed by atoms with Crippen molar-refractivity contribution in [2.24, 2.45) is 5.92 Å². The van der Waals surface area contributed by atoms with E-state index < -0.39 is 5.92 Å². The molecule has 1 rings (SSSR count). The van der Waals surface area contributed by atoms with E-state index in [1.165, 1.54) is 0 Å². The quantitative estimate of drug-likeness (QED) is 0.758. The Balaban J connectivity index is 2.74. The van der Waals surface area contributed by atoms with Gasteiger partial charge in [0, 0.05) is 4.47 Å². The Hall–Kier alpha value is -1.14. The maximum atomic E-state index is 10.4. The summed E-state index contributed by atoms with van der Waals surface area (Å²) in [5.41, 5.74) is 0.994. The van der Waals surface area contributed by atoms with E-state index in [0.29, 0.717) is 12.7 Å². The molecule has 0 aliphatic rings. The van der Waals surface area contributed by atoms with Crippen molar-refractivity contribution in [3.05, 3.63) is 34.3 Å². The maximum absolute atomic E-state index is 10.4. The number of carbonyl (C=O) groups is 1. The minimum Gasteiger partial charge on any atom is -0.302 e. The van der Waals surface area contributed by atoms with Crippen molar-refractivity contribution < 1.29 is 4.79 Å². The molecule has 0 saturated heterocycles.